The summed E-state index contributed by atoms with van der Waals surface area (Å²) in [6.07, 6.45) is 3.93. The number of aromatic nitrogens is 1. The van der Waals surface area contributed by atoms with E-state index in [2.05, 4.69) is 24.9 Å². The lowest BCUT2D eigenvalue weighted by molar-refractivity contribution is 0.293. The molecule has 27 heavy (non-hydrogen) atoms. The summed E-state index contributed by atoms with van der Waals surface area (Å²) < 4.78 is 28.1. The second kappa shape index (κ2) is 5.94. The normalized spacial score (nSPS) is 25.0. The van der Waals surface area contributed by atoms with Crippen LogP contribution in [0.1, 0.15) is 30.4 Å². The second-order valence-electron chi connectivity index (χ2n) is 7.91. The van der Waals surface area contributed by atoms with Crippen LogP contribution in [0.5, 0.6) is 0 Å². The van der Waals surface area contributed by atoms with Crippen LogP contribution < -0.4 is 0 Å². The van der Waals surface area contributed by atoms with E-state index in [0.29, 0.717) is 22.8 Å². The lowest BCUT2D eigenvalue weighted by atomic mass is 9.75. The molecule has 2 aliphatic rings. The minimum Gasteiger partial charge on any atom is -0.302 e. The van der Waals surface area contributed by atoms with E-state index in [1.165, 1.54) is 9.54 Å². The van der Waals surface area contributed by atoms with Crippen LogP contribution in [-0.2, 0) is 16.4 Å². The molecule has 0 bridgehead atoms. The quantitative estimate of drug-likeness (QED) is 0.693. The van der Waals surface area contributed by atoms with Crippen molar-refractivity contribution in [2.75, 3.05) is 13.6 Å². The summed E-state index contributed by atoms with van der Waals surface area (Å²) in [4.78, 5) is 2.80. The molecule has 0 saturated carbocycles. The first kappa shape index (κ1) is 17.0. The maximum atomic E-state index is 13.3. The van der Waals surface area contributed by atoms with E-state index in [-0.39, 0.29) is 0 Å². The Balaban J connectivity index is 1.74. The van der Waals surface area contributed by atoms with E-state index >= 15 is 0 Å². The summed E-state index contributed by atoms with van der Waals surface area (Å²) in [5.74, 6) is 1.12. The van der Waals surface area contributed by atoms with E-state index < -0.39 is 10.0 Å². The highest BCUT2D eigenvalue weighted by Crippen LogP contribution is 2.48. The van der Waals surface area contributed by atoms with Crippen molar-refractivity contribution in [3.05, 3.63) is 65.9 Å². The maximum Gasteiger partial charge on any atom is 0.268 e. The van der Waals surface area contributed by atoms with Gasteiger partial charge in [-0.3, -0.25) is 0 Å². The molecular weight excluding hydrogens is 356 g/mol. The third-order valence-electron chi connectivity index (χ3n) is 6.53. The molecule has 3 atom stereocenters. The van der Waals surface area contributed by atoms with Gasteiger partial charge in [0.1, 0.15) is 0 Å². The van der Waals surface area contributed by atoms with Gasteiger partial charge in [-0.2, -0.15) is 0 Å². The fourth-order valence-corrected chi connectivity index (χ4v) is 6.67. The van der Waals surface area contributed by atoms with Crippen LogP contribution in [0.2, 0.25) is 0 Å². The molecule has 0 N–H and O–H groups in total. The van der Waals surface area contributed by atoms with Crippen molar-refractivity contribution in [1.82, 2.24) is 8.87 Å². The Morgan fingerprint density at radius 1 is 1.07 bits per heavy atom. The van der Waals surface area contributed by atoms with E-state index in [0.717, 1.165) is 35.9 Å². The molecule has 0 spiro atoms. The van der Waals surface area contributed by atoms with Crippen LogP contribution in [0.15, 0.2) is 59.6 Å². The molecule has 1 fully saturated rings. The molecule has 4 nitrogen and oxygen atoms in total. The Hall–Kier alpha value is -2.11. The Bertz CT molecular complexity index is 1120. The first-order chi connectivity index (χ1) is 13.0. The number of rotatable bonds is 3. The summed E-state index contributed by atoms with van der Waals surface area (Å²) >= 11 is 0. The van der Waals surface area contributed by atoms with Crippen molar-refractivity contribution >= 4 is 20.9 Å². The zero-order valence-corrected chi connectivity index (χ0v) is 16.5. The lowest BCUT2D eigenvalue weighted by Gasteiger charge is -2.31. The van der Waals surface area contributed by atoms with Gasteiger partial charge in [0.25, 0.3) is 10.0 Å². The van der Waals surface area contributed by atoms with Crippen LogP contribution in [-0.4, -0.2) is 36.9 Å². The Morgan fingerprint density at radius 2 is 1.85 bits per heavy atom. The maximum absolute atomic E-state index is 13.3. The monoisotopic (exact) mass is 380 g/mol. The fourth-order valence-electron chi connectivity index (χ4n) is 5.26. The number of hydrogen-bond donors (Lipinski definition) is 0. The van der Waals surface area contributed by atoms with Crippen molar-refractivity contribution in [1.29, 1.82) is 0 Å². The third-order valence-corrected chi connectivity index (χ3v) is 8.22. The molecule has 3 unspecified atom stereocenters. The number of likely N-dealkylation sites (tertiary alicyclic amines) is 1. The molecule has 1 aromatic heterocycles. The van der Waals surface area contributed by atoms with Crippen LogP contribution in [0.25, 0.3) is 10.9 Å². The topological polar surface area (TPSA) is 42.3 Å². The molecule has 1 aliphatic heterocycles. The highest BCUT2D eigenvalue weighted by atomic mass is 32.2. The average Bonchev–Trinajstić information content (AvgIpc) is 3.23. The Kier molecular flexibility index (Phi) is 3.75. The van der Waals surface area contributed by atoms with Gasteiger partial charge < -0.3 is 4.90 Å². The van der Waals surface area contributed by atoms with E-state index in [9.17, 15) is 8.42 Å². The predicted octanol–water partition coefficient (Wildman–Crippen LogP) is 3.86. The summed E-state index contributed by atoms with van der Waals surface area (Å²) in [6, 6.07) is 15.4. The van der Waals surface area contributed by atoms with Gasteiger partial charge in [0.05, 0.1) is 10.4 Å². The molecule has 1 aliphatic carbocycles. The standard InChI is InChI=1S/C22H24N2O2S/c1-3-15-13-23(2)20-12-16-14-24(27(25,26)17-8-5-4-6-9-17)19-11-7-10-18(21(15)20)22(16)19/h4-11,14-15,20-21H,3,12-13H2,1-2H3. The van der Waals surface area contributed by atoms with E-state index in [1.54, 1.807) is 24.3 Å². The number of benzene rings is 2. The van der Waals surface area contributed by atoms with Gasteiger partial charge in [-0.15, -0.1) is 0 Å². The van der Waals surface area contributed by atoms with Gasteiger partial charge in [0.15, 0.2) is 0 Å². The molecule has 2 aromatic carbocycles. The molecule has 0 radical (unpaired) electrons. The Morgan fingerprint density at radius 3 is 2.59 bits per heavy atom. The molecule has 140 valence electrons. The molecule has 5 rings (SSSR count). The molecule has 0 amide bonds. The molecular formula is C22H24N2O2S. The lowest BCUT2D eigenvalue weighted by Crippen LogP contribution is -2.32. The first-order valence-electron chi connectivity index (χ1n) is 9.66. The molecule has 1 saturated heterocycles. The minimum atomic E-state index is -3.60. The smallest absolute Gasteiger partial charge is 0.268 e. The van der Waals surface area contributed by atoms with Crippen molar-refractivity contribution in [2.45, 2.75) is 36.6 Å². The van der Waals surface area contributed by atoms with Gasteiger partial charge in [0, 0.05) is 30.1 Å². The van der Waals surface area contributed by atoms with Crippen molar-refractivity contribution < 1.29 is 8.42 Å². The summed E-state index contributed by atoms with van der Waals surface area (Å²) in [7, 11) is -1.39. The predicted molar refractivity (Wildman–Crippen MR) is 108 cm³/mol. The van der Waals surface area contributed by atoms with E-state index in [4.69, 9.17) is 0 Å². The average molecular weight is 381 g/mol. The third kappa shape index (κ3) is 2.34. The number of hydrogen-bond acceptors (Lipinski definition) is 3. The van der Waals surface area contributed by atoms with Gasteiger partial charge >= 0.3 is 0 Å². The summed E-state index contributed by atoms with van der Waals surface area (Å²) in [6.45, 7) is 3.39. The van der Waals surface area contributed by atoms with Gasteiger partial charge in [-0.1, -0.05) is 43.7 Å². The van der Waals surface area contributed by atoms with Crippen LogP contribution >= 0.6 is 0 Å². The zero-order valence-electron chi connectivity index (χ0n) is 15.7. The van der Waals surface area contributed by atoms with Gasteiger partial charge in [-0.05, 0) is 48.7 Å². The largest absolute Gasteiger partial charge is 0.302 e. The highest BCUT2D eigenvalue weighted by molar-refractivity contribution is 7.90. The van der Waals surface area contributed by atoms with E-state index in [1.807, 2.05) is 24.4 Å². The minimum absolute atomic E-state index is 0.335. The van der Waals surface area contributed by atoms with Gasteiger partial charge in [0.2, 0.25) is 0 Å². The zero-order chi connectivity index (χ0) is 18.8. The molecule has 5 heteroatoms. The molecule has 3 aromatic rings. The Labute approximate surface area is 160 Å². The van der Waals surface area contributed by atoms with Crippen LogP contribution in [0.4, 0.5) is 0 Å². The first-order valence-corrected chi connectivity index (χ1v) is 11.1. The van der Waals surface area contributed by atoms with Crippen molar-refractivity contribution in [3.8, 4) is 0 Å². The SMILES string of the molecule is CCC1CN(C)C2Cc3cn(S(=O)(=O)c4ccccc4)c4cccc(c34)C12. The second-order valence-corrected chi connectivity index (χ2v) is 9.73. The molecule has 2 heterocycles. The van der Waals surface area contributed by atoms with Gasteiger partial charge in [-0.25, -0.2) is 12.4 Å². The fraction of sp³-hybridized carbons (Fsp3) is 0.364. The van der Waals surface area contributed by atoms with Crippen LogP contribution in [0.3, 0.4) is 0 Å². The number of nitrogens with zero attached hydrogens (tertiary/aromatic N) is 2. The van der Waals surface area contributed by atoms with Crippen LogP contribution in [0, 0.1) is 5.92 Å². The number of likely N-dealkylation sites (N-methyl/N-ethyl adjacent to an activating group) is 1. The van der Waals surface area contributed by atoms with Crippen molar-refractivity contribution in [2.24, 2.45) is 5.92 Å². The van der Waals surface area contributed by atoms with Crippen molar-refractivity contribution in [3.63, 3.8) is 0 Å². The highest BCUT2D eigenvalue weighted by Gasteiger charge is 2.44. The summed E-state index contributed by atoms with van der Waals surface area (Å²) in [5.41, 5.74) is 3.30. The number of fused-ring (bicyclic) bond motifs is 2. The summed E-state index contributed by atoms with van der Waals surface area (Å²) in [5, 5.41) is 1.16.